The molecule has 14 heavy (non-hydrogen) atoms. The second kappa shape index (κ2) is 4.57. The van der Waals surface area contributed by atoms with Crippen molar-refractivity contribution in [3.05, 3.63) is 0 Å². The van der Waals surface area contributed by atoms with Gasteiger partial charge in [-0.25, -0.2) is 13.4 Å². The van der Waals surface area contributed by atoms with Gasteiger partial charge >= 0.3 is 15.6 Å². The first-order valence-corrected chi connectivity index (χ1v) is 7.36. The minimum absolute atomic E-state index is 0.804. The zero-order valence-electron chi connectivity index (χ0n) is 6.71. The Morgan fingerprint density at radius 2 is 1.50 bits per heavy atom. The van der Waals surface area contributed by atoms with Crippen molar-refractivity contribution in [2.24, 2.45) is 0 Å². The van der Waals surface area contributed by atoms with Crippen LogP contribution in [0.5, 0.6) is 0 Å². The maximum Gasteiger partial charge on any atom is 0.487 e. The van der Waals surface area contributed by atoms with Crippen molar-refractivity contribution in [3.63, 3.8) is 0 Å². The maximum atomic E-state index is 10.8. The van der Waals surface area contributed by atoms with E-state index in [0.717, 1.165) is 7.11 Å². The molecule has 2 atom stereocenters. The third-order valence-corrected chi connectivity index (χ3v) is 4.60. The van der Waals surface area contributed by atoms with Gasteiger partial charge in [-0.1, -0.05) is 0 Å². The number of rotatable bonds is 5. The van der Waals surface area contributed by atoms with Crippen LogP contribution in [0.1, 0.15) is 0 Å². The summed E-state index contributed by atoms with van der Waals surface area (Å²) in [5, 5.41) is 0. The summed E-state index contributed by atoms with van der Waals surface area (Å²) in [6.07, 6.45) is 0. The first-order valence-electron chi connectivity index (χ1n) is 2.73. The Morgan fingerprint density at radius 3 is 1.79 bits per heavy atom. The molecule has 0 saturated heterocycles. The molecule has 0 rings (SSSR count). The summed E-state index contributed by atoms with van der Waals surface area (Å²) in [7, 11) is -9.37. The lowest BCUT2D eigenvalue weighted by atomic mass is 10.8. The fourth-order valence-electron chi connectivity index (χ4n) is 0.326. The molecule has 2 unspecified atom stereocenters. The molecule has 0 aromatic heterocycles. The molecule has 0 saturated carbocycles. The van der Waals surface area contributed by atoms with Crippen LogP contribution in [0.15, 0.2) is 0 Å². The summed E-state index contributed by atoms with van der Waals surface area (Å²) < 4.78 is 42.4. The fraction of sp³-hybridized carbons (Fsp3) is 1.00. The van der Waals surface area contributed by atoms with Crippen molar-refractivity contribution in [3.8, 4) is 0 Å². The molecule has 0 amide bonds. The molecule has 3 N–H and O–H groups in total. The van der Waals surface area contributed by atoms with Crippen molar-refractivity contribution in [2.45, 2.75) is 0 Å². The van der Waals surface area contributed by atoms with E-state index in [1.165, 1.54) is 0 Å². The molecule has 0 aliphatic carbocycles. The summed E-state index contributed by atoms with van der Waals surface area (Å²) in [6, 6.07) is 0. The molecule has 0 aromatic rings. The fourth-order valence-corrected chi connectivity index (χ4v) is 3.21. The Kier molecular flexibility index (Phi) is 4.74. The highest BCUT2D eigenvalue weighted by atomic mass is 31.3. The van der Waals surface area contributed by atoms with Crippen LogP contribution in [0.25, 0.3) is 0 Å². The topological polar surface area (TPSA) is 140 Å². The molecule has 0 aliphatic heterocycles. The van der Waals surface area contributed by atoms with Gasteiger partial charge in [-0.2, -0.15) is 4.31 Å². The molecule has 13 heteroatoms. The van der Waals surface area contributed by atoms with E-state index in [4.69, 9.17) is 14.7 Å². The lowest BCUT2D eigenvalue weighted by Crippen LogP contribution is -1.94. The summed E-state index contributed by atoms with van der Waals surface area (Å²) in [5.74, 6) is 0. The van der Waals surface area contributed by atoms with Crippen molar-refractivity contribution < 1.29 is 41.5 Å². The van der Waals surface area contributed by atoms with Gasteiger partial charge < -0.3 is 19.2 Å². The summed E-state index contributed by atoms with van der Waals surface area (Å²) in [5.41, 5.74) is 0. The first-order chi connectivity index (χ1) is 5.97. The van der Waals surface area contributed by atoms with Gasteiger partial charge in [0.2, 0.25) is 7.57 Å². The third kappa shape index (κ3) is 6.89. The molecule has 9 nitrogen and oxygen atoms in total. The third-order valence-electron chi connectivity index (χ3n) is 0.681. The normalized spacial score (nSPS) is 21.1. The molecule has 2 radical (unpaired) electrons. The highest BCUT2D eigenvalue weighted by Gasteiger charge is 2.37. The van der Waals surface area contributed by atoms with Gasteiger partial charge in [0.25, 0.3) is 7.47 Å². The molecule has 0 aliphatic rings. The van der Waals surface area contributed by atoms with Crippen LogP contribution in [0.3, 0.4) is 0 Å². The predicted molar refractivity (Wildman–Crippen MR) is 44.4 cm³/mol. The monoisotopic (exact) mass is 266 g/mol. The largest absolute Gasteiger partial charge is 0.487 e. The molecule has 0 heterocycles. The van der Waals surface area contributed by atoms with Crippen LogP contribution in [0.2, 0.25) is 0 Å². The van der Waals surface area contributed by atoms with E-state index >= 15 is 0 Å². The summed E-state index contributed by atoms with van der Waals surface area (Å²) in [4.78, 5) is 24.9. The van der Waals surface area contributed by atoms with E-state index in [1.807, 2.05) is 0 Å². The second-order valence-corrected chi connectivity index (χ2v) is 6.51. The van der Waals surface area contributed by atoms with Gasteiger partial charge in [-0.05, 0) is 0 Å². The summed E-state index contributed by atoms with van der Waals surface area (Å²) >= 11 is 0. The van der Waals surface area contributed by atoms with E-state index in [1.54, 1.807) is 0 Å². The van der Waals surface area contributed by atoms with Gasteiger partial charge in [-0.3, -0.25) is 4.57 Å². The van der Waals surface area contributed by atoms with E-state index in [-0.39, 0.29) is 0 Å². The Morgan fingerprint density at radius 1 is 1.07 bits per heavy atom. The van der Waals surface area contributed by atoms with Gasteiger partial charge in [0.15, 0.2) is 0 Å². The summed E-state index contributed by atoms with van der Waals surface area (Å²) in [6.45, 7) is 0. The predicted octanol–water partition coefficient (Wildman–Crippen LogP) is 0.136. The van der Waals surface area contributed by atoms with Gasteiger partial charge in [-0.15, -0.1) is 0 Å². The quantitative estimate of drug-likeness (QED) is 0.467. The zero-order valence-corrected chi connectivity index (χ0v) is 9.39. The number of hydrogen-bond acceptors (Lipinski definition) is 6. The highest BCUT2D eigenvalue weighted by Crippen LogP contribution is 2.65. The molecule has 0 spiro atoms. The van der Waals surface area contributed by atoms with Crippen LogP contribution in [0.4, 0.5) is 0 Å². The highest BCUT2D eigenvalue weighted by molar-refractivity contribution is 7.84. The Bertz CT molecular complexity index is 329. The molecule has 0 aromatic carbocycles. The Balaban J connectivity index is 4.60. The molecule has 0 bridgehead atoms. The van der Waals surface area contributed by atoms with Crippen molar-refractivity contribution >= 4 is 30.7 Å². The van der Waals surface area contributed by atoms with Crippen molar-refractivity contribution in [2.75, 3.05) is 7.11 Å². The van der Waals surface area contributed by atoms with Crippen molar-refractivity contribution in [1.82, 2.24) is 0 Å². The van der Waals surface area contributed by atoms with E-state index < -0.39 is 23.1 Å². The second-order valence-electron chi connectivity index (χ2n) is 1.84. The molecular formula is CH6BO9P3. The van der Waals surface area contributed by atoms with Gasteiger partial charge in [0.05, 0.1) is 0 Å². The van der Waals surface area contributed by atoms with Crippen LogP contribution in [-0.2, 0) is 26.8 Å². The minimum atomic E-state index is -5.25. The average molecular weight is 266 g/mol. The number of phosphoric acid groups is 2. The van der Waals surface area contributed by atoms with E-state index in [0.29, 0.717) is 0 Å². The molecule has 0 fully saturated rings. The van der Waals surface area contributed by atoms with Crippen molar-refractivity contribution in [1.29, 1.82) is 0 Å². The average Bonchev–Trinajstić information content (AvgIpc) is 1.78. The van der Waals surface area contributed by atoms with Crippen LogP contribution < -0.4 is 0 Å². The van der Waals surface area contributed by atoms with E-state index in [9.17, 15) is 13.7 Å². The van der Waals surface area contributed by atoms with Crippen LogP contribution in [0, 0.1) is 0 Å². The van der Waals surface area contributed by atoms with Gasteiger partial charge in [0.1, 0.15) is 0 Å². The van der Waals surface area contributed by atoms with E-state index in [2.05, 4.69) is 20.7 Å². The number of hydrogen-bond donors (Lipinski definition) is 3. The van der Waals surface area contributed by atoms with Crippen LogP contribution in [-0.4, -0.2) is 29.4 Å². The Labute approximate surface area is 80.1 Å². The Hall–Kier alpha value is 0.515. The molecular weight excluding hydrogens is 260 g/mol. The van der Waals surface area contributed by atoms with Crippen LogP contribution >= 0.6 is 23.1 Å². The lowest BCUT2D eigenvalue weighted by Gasteiger charge is -2.16. The first kappa shape index (κ1) is 14.5. The SMILES string of the molecule is [B]P(=O)(OC)OP(=O)(O)OP(=O)(O)O. The van der Waals surface area contributed by atoms with Gasteiger partial charge in [0, 0.05) is 7.11 Å². The standard InChI is InChI=1S/CH6BO9P3/c1-9-12(2,3)10-14(7,8)11-13(4,5)6/h1H3,(H,7,8)(H2,4,5,6). The smallest absolute Gasteiger partial charge is 0.320 e. The zero-order chi connectivity index (χ0) is 11.6. The maximum absolute atomic E-state index is 10.8. The molecule has 82 valence electrons. The minimum Gasteiger partial charge on any atom is -0.320 e. The lowest BCUT2D eigenvalue weighted by molar-refractivity contribution is 0.221.